The standard InChI is InChI=1S/C19H21F2N3O/c1-13-3-4-14(2)18(11-13)22-19(25)24-9-7-23(8-10-24)15-5-6-16(20)17(21)12-15/h3-6,11-12H,7-10H2,1-2H3,(H,22,25). The van der Waals surface area contributed by atoms with Crippen LogP contribution in [0.15, 0.2) is 36.4 Å². The molecule has 1 saturated heterocycles. The van der Waals surface area contributed by atoms with Gasteiger partial charge in [-0.25, -0.2) is 13.6 Å². The van der Waals surface area contributed by atoms with Gasteiger partial charge in [-0.3, -0.25) is 0 Å². The van der Waals surface area contributed by atoms with E-state index in [0.717, 1.165) is 22.9 Å². The van der Waals surface area contributed by atoms with Gasteiger partial charge >= 0.3 is 6.03 Å². The monoisotopic (exact) mass is 345 g/mol. The molecule has 0 radical (unpaired) electrons. The quantitative estimate of drug-likeness (QED) is 0.895. The van der Waals surface area contributed by atoms with E-state index in [9.17, 15) is 13.6 Å². The van der Waals surface area contributed by atoms with Crippen molar-refractivity contribution in [2.75, 3.05) is 36.4 Å². The van der Waals surface area contributed by atoms with Crippen molar-refractivity contribution in [2.45, 2.75) is 13.8 Å². The number of nitrogens with one attached hydrogen (secondary N) is 1. The van der Waals surface area contributed by atoms with E-state index in [1.807, 2.05) is 36.9 Å². The number of urea groups is 1. The highest BCUT2D eigenvalue weighted by Crippen LogP contribution is 2.21. The smallest absolute Gasteiger partial charge is 0.321 e. The van der Waals surface area contributed by atoms with E-state index in [4.69, 9.17) is 0 Å². The minimum Gasteiger partial charge on any atom is -0.368 e. The number of piperazine rings is 1. The Hall–Kier alpha value is -2.63. The third-order valence-corrected chi connectivity index (χ3v) is 4.47. The zero-order valence-corrected chi connectivity index (χ0v) is 14.4. The van der Waals surface area contributed by atoms with Crippen LogP contribution in [0.5, 0.6) is 0 Å². The van der Waals surface area contributed by atoms with Crippen LogP contribution in [0, 0.1) is 25.5 Å². The molecule has 0 atom stereocenters. The first-order valence-corrected chi connectivity index (χ1v) is 8.27. The van der Waals surface area contributed by atoms with Crippen molar-refractivity contribution in [1.82, 2.24) is 4.90 Å². The molecular weight excluding hydrogens is 324 g/mol. The zero-order valence-electron chi connectivity index (χ0n) is 14.4. The van der Waals surface area contributed by atoms with Crippen molar-refractivity contribution in [3.05, 3.63) is 59.2 Å². The number of hydrogen-bond donors (Lipinski definition) is 1. The highest BCUT2D eigenvalue weighted by atomic mass is 19.2. The highest BCUT2D eigenvalue weighted by Gasteiger charge is 2.22. The summed E-state index contributed by atoms with van der Waals surface area (Å²) in [5, 5.41) is 2.95. The number of carbonyl (C=O) groups excluding carboxylic acids is 1. The van der Waals surface area contributed by atoms with Crippen LogP contribution in [0.2, 0.25) is 0 Å². The van der Waals surface area contributed by atoms with E-state index in [1.54, 1.807) is 11.0 Å². The van der Waals surface area contributed by atoms with Crippen molar-refractivity contribution < 1.29 is 13.6 Å². The molecule has 6 heteroatoms. The Kier molecular flexibility index (Phi) is 4.88. The molecule has 3 rings (SSSR count). The number of hydrogen-bond acceptors (Lipinski definition) is 2. The van der Waals surface area contributed by atoms with Crippen LogP contribution in [-0.2, 0) is 0 Å². The number of benzene rings is 2. The maximum Gasteiger partial charge on any atom is 0.321 e. The van der Waals surface area contributed by atoms with Crippen molar-refractivity contribution in [3.63, 3.8) is 0 Å². The Morgan fingerprint density at radius 1 is 0.960 bits per heavy atom. The Bertz CT molecular complexity index is 786. The number of aryl methyl sites for hydroxylation is 2. The van der Waals surface area contributed by atoms with E-state index in [1.165, 1.54) is 6.07 Å². The Morgan fingerprint density at radius 3 is 2.36 bits per heavy atom. The molecule has 0 saturated carbocycles. The van der Waals surface area contributed by atoms with Crippen LogP contribution in [-0.4, -0.2) is 37.1 Å². The second-order valence-electron chi connectivity index (χ2n) is 6.32. The number of nitrogens with zero attached hydrogens (tertiary/aromatic N) is 2. The third-order valence-electron chi connectivity index (χ3n) is 4.47. The molecule has 1 N–H and O–H groups in total. The molecule has 2 aromatic carbocycles. The van der Waals surface area contributed by atoms with Gasteiger partial charge in [0.2, 0.25) is 0 Å². The minimum absolute atomic E-state index is 0.140. The maximum absolute atomic E-state index is 13.4. The summed E-state index contributed by atoms with van der Waals surface area (Å²) in [6, 6.07) is 9.68. The van der Waals surface area contributed by atoms with Gasteiger partial charge in [0.25, 0.3) is 0 Å². The summed E-state index contributed by atoms with van der Waals surface area (Å²) in [5.41, 5.74) is 3.55. The Morgan fingerprint density at radius 2 is 1.68 bits per heavy atom. The van der Waals surface area contributed by atoms with E-state index < -0.39 is 11.6 Å². The van der Waals surface area contributed by atoms with E-state index in [2.05, 4.69) is 5.32 Å². The summed E-state index contributed by atoms with van der Waals surface area (Å²) in [4.78, 5) is 16.1. The molecule has 1 fully saturated rings. The summed E-state index contributed by atoms with van der Waals surface area (Å²) in [5.74, 6) is -1.71. The molecular formula is C19H21F2N3O. The molecule has 4 nitrogen and oxygen atoms in total. The summed E-state index contributed by atoms with van der Waals surface area (Å²) in [6.07, 6.45) is 0. The molecule has 25 heavy (non-hydrogen) atoms. The second-order valence-corrected chi connectivity index (χ2v) is 6.32. The molecule has 1 aliphatic heterocycles. The van der Waals surface area contributed by atoms with Crippen molar-refractivity contribution in [1.29, 1.82) is 0 Å². The largest absolute Gasteiger partial charge is 0.368 e. The van der Waals surface area contributed by atoms with Gasteiger partial charge in [0.1, 0.15) is 0 Å². The lowest BCUT2D eigenvalue weighted by Crippen LogP contribution is -2.50. The normalized spacial score (nSPS) is 14.6. The van der Waals surface area contributed by atoms with Gasteiger partial charge in [0, 0.05) is 43.6 Å². The molecule has 132 valence electrons. The number of amides is 2. The predicted octanol–water partition coefficient (Wildman–Crippen LogP) is 3.94. The number of carbonyl (C=O) groups is 1. The first-order chi connectivity index (χ1) is 11.9. The lowest BCUT2D eigenvalue weighted by atomic mass is 10.1. The van der Waals surface area contributed by atoms with Gasteiger partial charge < -0.3 is 15.1 Å². The number of rotatable bonds is 2. The molecule has 0 aliphatic carbocycles. The SMILES string of the molecule is Cc1ccc(C)c(NC(=O)N2CCN(c3ccc(F)c(F)c3)CC2)c1. The van der Waals surface area contributed by atoms with Gasteiger partial charge in [-0.05, 0) is 43.2 Å². The van der Waals surface area contributed by atoms with Gasteiger partial charge in [-0.2, -0.15) is 0 Å². The molecule has 0 aromatic heterocycles. The van der Waals surface area contributed by atoms with E-state index >= 15 is 0 Å². The van der Waals surface area contributed by atoms with Crippen molar-refractivity contribution in [3.8, 4) is 0 Å². The summed E-state index contributed by atoms with van der Waals surface area (Å²) >= 11 is 0. The fraction of sp³-hybridized carbons (Fsp3) is 0.316. The lowest BCUT2D eigenvalue weighted by Gasteiger charge is -2.36. The number of halogens is 2. The van der Waals surface area contributed by atoms with Gasteiger partial charge in [0.15, 0.2) is 11.6 Å². The van der Waals surface area contributed by atoms with Crippen molar-refractivity contribution >= 4 is 17.4 Å². The molecule has 0 bridgehead atoms. The second kappa shape index (κ2) is 7.09. The fourth-order valence-electron chi connectivity index (χ4n) is 2.91. The van der Waals surface area contributed by atoms with Crippen LogP contribution < -0.4 is 10.2 Å². The van der Waals surface area contributed by atoms with Crippen LogP contribution in [0.1, 0.15) is 11.1 Å². The van der Waals surface area contributed by atoms with Crippen LogP contribution >= 0.6 is 0 Å². The van der Waals surface area contributed by atoms with Gasteiger partial charge in [-0.1, -0.05) is 12.1 Å². The van der Waals surface area contributed by atoms with Crippen molar-refractivity contribution in [2.24, 2.45) is 0 Å². The molecule has 0 spiro atoms. The molecule has 2 aromatic rings. The first-order valence-electron chi connectivity index (χ1n) is 8.27. The molecule has 1 heterocycles. The maximum atomic E-state index is 13.4. The summed E-state index contributed by atoms with van der Waals surface area (Å²) in [6.45, 7) is 6.13. The van der Waals surface area contributed by atoms with Crippen LogP contribution in [0.25, 0.3) is 0 Å². The summed E-state index contributed by atoms with van der Waals surface area (Å²) in [7, 11) is 0. The van der Waals surface area contributed by atoms with E-state index in [-0.39, 0.29) is 6.03 Å². The van der Waals surface area contributed by atoms with E-state index in [0.29, 0.717) is 31.9 Å². The summed E-state index contributed by atoms with van der Waals surface area (Å²) < 4.78 is 26.4. The Labute approximate surface area is 146 Å². The Balaban J connectivity index is 1.60. The number of anilines is 2. The lowest BCUT2D eigenvalue weighted by molar-refractivity contribution is 0.208. The average Bonchev–Trinajstić information content (AvgIpc) is 2.60. The van der Waals surface area contributed by atoms with Crippen LogP contribution in [0.3, 0.4) is 0 Å². The van der Waals surface area contributed by atoms with Gasteiger partial charge in [-0.15, -0.1) is 0 Å². The predicted molar refractivity (Wildman–Crippen MR) is 95.1 cm³/mol. The fourth-order valence-corrected chi connectivity index (χ4v) is 2.91. The highest BCUT2D eigenvalue weighted by molar-refractivity contribution is 5.90. The topological polar surface area (TPSA) is 35.6 Å². The van der Waals surface area contributed by atoms with Gasteiger partial charge in [0.05, 0.1) is 0 Å². The van der Waals surface area contributed by atoms with Crippen LogP contribution in [0.4, 0.5) is 25.0 Å². The third kappa shape index (κ3) is 3.90. The first kappa shape index (κ1) is 17.2. The zero-order chi connectivity index (χ0) is 18.0. The average molecular weight is 345 g/mol. The molecule has 0 unspecified atom stereocenters. The molecule has 2 amide bonds. The molecule has 1 aliphatic rings. The minimum atomic E-state index is -0.854.